The summed E-state index contributed by atoms with van der Waals surface area (Å²) in [5.74, 6) is 0. The van der Waals surface area contributed by atoms with Crippen molar-refractivity contribution in [1.29, 1.82) is 5.26 Å². The van der Waals surface area contributed by atoms with Crippen LogP contribution in [0.4, 0.5) is 0 Å². The first-order valence-electron chi connectivity index (χ1n) is 5.12. The minimum atomic E-state index is 0.324. The van der Waals surface area contributed by atoms with Crippen molar-refractivity contribution >= 4 is 22.7 Å². The molecule has 0 aliphatic heterocycles. The van der Waals surface area contributed by atoms with Crippen LogP contribution in [0.5, 0.6) is 0 Å². The van der Waals surface area contributed by atoms with Gasteiger partial charge in [-0.2, -0.15) is 9.94 Å². The first-order valence-corrected chi connectivity index (χ1v) is 6.87. The lowest BCUT2D eigenvalue weighted by molar-refractivity contribution is 0.799. The number of hydrogen-bond donors (Lipinski definition) is 0. The molecule has 0 bridgehead atoms. The van der Waals surface area contributed by atoms with Crippen LogP contribution in [0.1, 0.15) is 11.4 Å². The second-order valence-electron chi connectivity index (χ2n) is 3.56. The van der Waals surface area contributed by atoms with Crippen LogP contribution in [0, 0.1) is 18.3 Å². The van der Waals surface area contributed by atoms with E-state index in [1.54, 1.807) is 16.0 Å². The van der Waals surface area contributed by atoms with Gasteiger partial charge in [-0.1, -0.05) is 11.3 Å². The number of nitriles is 1. The molecule has 0 atom stereocenters. The van der Waals surface area contributed by atoms with E-state index in [0.717, 1.165) is 15.7 Å². The minimum Gasteiger partial charge on any atom is -0.224 e. The van der Waals surface area contributed by atoms with Gasteiger partial charge in [-0.15, -0.1) is 27.8 Å². The highest BCUT2D eigenvalue weighted by molar-refractivity contribution is 7.13. The smallest absolute Gasteiger partial charge is 0.212 e. The maximum Gasteiger partial charge on any atom is 0.212 e. The molecule has 88 valence electrons. The quantitative estimate of drug-likeness (QED) is 0.720. The highest BCUT2D eigenvalue weighted by atomic mass is 32.1. The molecule has 0 amide bonds. The topological polar surface area (TPSA) is 67.4 Å². The first kappa shape index (κ1) is 11.1. The fourth-order valence-electron chi connectivity index (χ4n) is 1.56. The predicted octanol–water partition coefficient (Wildman–Crippen LogP) is 2.63. The molecule has 0 unspecified atom stereocenters. The Hall–Kier alpha value is -2.04. The number of aromatic nitrogens is 4. The lowest BCUT2D eigenvalue weighted by Gasteiger charge is -1.99. The predicted molar refractivity (Wildman–Crippen MR) is 69.8 cm³/mol. The summed E-state index contributed by atoms with van der Waals surface area (Å²) in [6.07, 6.45) is 0. The molecule has 0 aromatic carbocycles. The fourth-order valence-corrected chi connectivity index (χ4v) is 3.07. The number of thiazole rings is 1. The molecular weight excluding hydrogens is 266 g/mol. The Labute approximate surface area is 111 Å². The van der Waals surface area contributed by atoms with Crippen LogP contribution in [0.3, 0.4) is 0 Å². The minimum absolute atomic E-state index is 0.324. The fraction of sp³-hybridized carbons (Fsp3) is 0.0909. The molecule has 0 spiro atoms. The van der Waals surface area contributed by atoms with Crippen LogP contribution >= 0.6 is 22.7 Å². The van der Waals surface area contributed by atoms with Gasteiger partial charge in [0.1, 0.15) is 11.8 Å². The number of thiophene rings is 1. The van der Waals surface area contributed by atoms with Gasteiger partial charge in [0.2, 0.25) is 5.13 Å². The van der Waals surface area contributed by atoms with Crippen LogP contribution in [0.15, 0.2) is 22.9 Å². The number of rotatable bonds is 2. The Morgan fingerprint density at radius 1 is 1.39 bits per heavy atom. The molecule has 3 aromatic rings. The van der Waals surface area contributed by atoms with Crippen LogP contribution in [0.2, 0.25) is 0 Å². The second kappa shape index (κ2) is 4.33. The summed E-state index contributed by atoms with van der Waals surface area (Å²) in [5.41, 5.74) is 1.97. The van der Waals surface area contributed by atoms with E-state index in [1.165, 1.54) is 11.3 Å². The summed E-state index contributed by atoms with van der Waals surface area (Å²) < 4.78 is 1.63. The molecule has 5 nitrogen and oxygen atoms in total. The molecule has 0 radical (unpaired) electrons. The zero-order chi connectivity index (χ0) is 12.5. The van der Waals surface area contributed by atoms with Crippen LogP contribution in [-0.4, -0.2) is 20.0 Å². The van der Waals surface area contributed by atoms with Gasteiger partial charge in [0.15, 0.2) is 5.69 Å². The number of nitrogens with zero attached hydrogens (tertiary/aromatic N) is 5. The van der Waals surface area contributed by atoms with Crippen LogP contribution in [0.25, 0.3) is 15.7 Å². The molecule has 0 aliphatic rings. The third-order valence-corrected chi connectivity index (χ3v) is 4.13. The number of hydrogen-bond acceptors (Lipinski definition) is 6. The maximum atomic E-state index is 9.10. The number of aryl methyl sites for hydroxylation is 1. The van der Waals surface area contributed by atoms with E-state index >= 15 is 0 Å². The van der Waals surface area contributed by atoms with Crippen molar-refractivity contribution in [3.05, 3.63) is 34.3 Å². The highest BCUT2D eigenvalue weighted by Gasteiger charge is 2.18. The van der Waals surface area contributed by atoms with Gasteiger partial charge in [0.25, 0.3) is 0 Å². The van der Waals surface area contributed by atoms with Crippen molar-refractivity contribution in [3.8, 4) is 21.8 Å². The zero-order valence-corrected chi connectivity index (χ0v) is 11.0. The van der Waals surface area contributed by atoms with E-state index in [9.17, 15) is 0 Å². The Morgan fingerprint density at radius 3 is 2.89 bits per heavy atom. The van der Waals surface area contributed by atoms with Crippen LogP contribution in [-0.2, 0) is 0 Å². The molecule has 0 saturated carbocycles. The van der Waals surface area contributed by atoms with E-state index in [4.69, 9.17) is 5.26 Å². The molecule has 3 heterocycles. The maximum absolute atomic E-state index is 9.10. The third-order valence-electron chi connectivity index (χ3n) is 2.32. The summed E-state index contributed by atoms with van der Waals surface area (Å²) in [5, 5.41) is 21.7. The Balaban J connectivity index is 2.23. The van der Waals surface area contributed by atoms with E-state index in [2.05, 4.69) is 21.4 Å². The lowest BCUT2D eigenvalue weighted by Crippen LogP contribution is -1.98. The average molecular weight is 273 g/mol. The standard InChI is InChI=1S/C11H7N5S2/c1-7-6-18-11(13-7)16-10(8(5-12)14-15-16)9-3-2-4-17-9/h2-4,6H,1H3. The largest absolute Gasteiger partial charge is 0.224 e. The molecule has 0 saturated heterocycles. The molecule has 0 aliphatic carbocycles. The molecule has 18 heavy (non-hydrogen) atoms. The van der Waals surface area contributed by atoms with Crippen molar-refractivity contribution in [3.63, 3.8) is 0 Å². The molecule has 0 fully saturated rings. The Bertz CT molecular complexity index is 717. The summed E-state index contributed by atoms with van der Waals surface area (Å²) in [6.45, 7) is 1.92. The zero-order valence-electron chi connectivity index (χ0n) is 9.36. The van der Waals surface area contributed by atoms with Gasteiger partial charge < -0.3 is 0 Å². The van der Waals surface area contributed by atoms with E-state index < -0.39 is 0 Å². The van der Waals surface area contributed by atoms with Gasteiger partial charge in [0.05, 0.1) is 10.6 Å². The molecule has 3 aromatic heterocycles. The van der Waals surface area contributed by atoms with Gasteiger partial charge >= 0.3 is 0 Å². The van der Waals surface area contributed by atoms with Gasteiger partial charge in [-0.3, -0.25) is 0 Å². The van der Waals surface area contributed by atoms with Crippen molar-refractivity contribution in [2.75, 3.05) is 0 Å². The Morgan fingerprint density at radius 2 is 2.28 bits per heavy atom. The molecule has 3 rings (SSSR count). The summed E-state index contributed by atoms with van der Waals surface area (Å²) >= 11 is 3.03. The van der Waals surface area contributed by atoms with Crippen LogP contribution < -0.4 is 0 Å². The highest BCUT2D eigenvalue weighted by Crippen LogP contribution is 2.29. The summed E-state index contributed by atoms with van der Waals surface area (Å²) in [4.78, 5) is 5.34. The SMILES string of the molecule is Cc1csc(-n2nnc(C#N)c2-c2cccs2)n1. The van der Waals surface area contributed by atoms with E-state index in [-0.39, 0.29) is 0 Å². The van der Waals surface area contributed by atoms with Gasteiger partial charge in [-0.25, -0.2) is 4.98 Å². The van der Waals surface area contributed by atoms with Crippen molar-refractivity contribution in [2.24, 2.45) is 0 Å². The Kier molecular flexibility index (Phi) is 2.66. The third kappa shape index (κ3) is 1.72. The summed E-state index contributed by atoms with van der Waals surface area (Å²) in [7, 11) is 0. The molecule has 7 heteroatoms. The molecule has 0 N–H and O–H groups in total. The molecular formula is C11H7N5S2. The van der Waals surface area contributed by atoms with Gasteiger partial charge in [-0.05, 0) is 18.4 Å². The van der Waals surface area contributed by atoms with Gasteiger partial charge in [0, 0.05) is 5.38 Å². The first-order chi connectivity index (χ1) is 8.79. The average Bonchev–Trinajstić information content (AvgIpc) is 3.07. The van der Waals surface area contributed by atoms with Crippen molar-refractivity contribution < 1.29 is 0 Å². The monoisotopic (exact) mass is 273 g/mol. The van der Waals surface area contributed by atoms with E-state index in [0.29, 0.717) is 11.4 Å². The van der Waals surface area contributed by atoms with Crippen molar-refractivity contribution in [2.45, 2.75) is 6.92 Å². The normalized spacial score (nSPS) is 10.4. The lowest BCUT2D eigenvalue weighted by atomic mass is 10.3. The second-order valence-corrected chi connectivity index (χ2v) is 5.34. The van der Waals surface area contributed by atoms with E-state index in [1.807, 2.05) is 29.8 Å². The van der Waals surface area contributed by atoms with Crippen molar-refractivity contribution in [1.82, 2.24) is 20.0 Å². The summed E-state index contributed by atoms with van der Waals surface area (Å²) in [6, 6.07) is 5.95.